The first-order valence-corrected chi connectivity index (χ1v) is 7.09. The predicted octanol–water partition coefficient (Wildman–Crippen LogP) is 0.892. The van der Waals surface area contributed by atoms with Gasteiger partial charge in [0.1, 0.15) is 0 Å². The summed E-state index contributed by atoms with van der Waals surface area (Å²) in [6.45, 7) is 0. The van der Waals surface area contributed by atoms with Gasteiger partial charge in [0.25, 0.3) is 0 Å². The number of sulfone groups is 1. The van der Waals surface area contributed by atoms with Gasteiger partial charge in [0.15, 0.2) is 9.84 Å². The quantitative estimate of drug-likeness (QED) is 0.780. The Balaban J connectivity index is 2.21. The lowest BCUT2D eigenvalue weighted by Gasteiger charge is -2.26. The summed E-state index contributed by atoms with van der Waals surface area (Å²) in [6.07, 6.45) is 0.688. The molecule has 0 amide bonds. The molecule has 0 bridgehead atoms. The molecule has 1 unspecified atom stereocenters. The lowest BCUT2D eigenvalue weighted by Crippen LogP contribution is -2.32. The van der Waals surface area contributed by atoms with Gasteiger partial charge in [0.05, 0.1) is 22.9 Å². The van der Waals surface area contributed by atoms with Gasteiger partial charge in [-0.2, -0.15) is 0 Å². The molecule has 0 saturated carbocycles. The van der Waals surface area contributed by atoms with Crippen LogP contribution in [0.3, 0.4) is 0 Å². The molecule has 1 aliphatic rings. The van der Waals surface area contributed by atoms with Gasteiger partial charge in [0, 0.05) is 13.1 Å². The van der Waals surface area contributed by atoms with Crippen LogP contribution in [0.2, 0.25) is 0 Å². The van der Waals surface area contributed by atoms with Crippen molar-refractivity contribution in [2.75, 3.05) is 29.2 Å². The van der Waals surface area contributed by atoms with Crippen LogP contribution in [0, 0.1) is 0 Å². The molecule has 0 aromatic heterocycles. The van der Waals surface area contributed by atoms with Crippen LogP contribution in [0.4, 0.5) is 11.4 Å². The molecule has 1 fully saturated rings. The number of hydrogen-bond donors (Lipinski definition) is 1. The molecular weight excluding hydrogens is 224 g/mol. The van der Waals surface area contributed by atoms with Crippen molar-refractivity contribution in [1.82, 2.24) is 0 Å². The summed E-state index contributed by atoms with van der Waals surface area (Å²) >= 11 is 0. The maximum atomic E-state index is 11.4. The number of benzene rings is 1. The molecule has 5 heteroatoms. The van der Waals surface area contributed by atoms with E-state index in [4.69, 9.17) is 5.73 Å². The second-order valence-corrected chi connectivity index (χ2v) is 6.46. The molecule has 1 aliphatic heterocycles. The second-order valence-electron chi connectivity index (χ2n) is 4.23. The molecule has 0 aliphatic carbocycles. The van der Waals surface area contributed by atoms with E-state index in [-0.39, 0.29) is 17.5 Å². The number of anilines is 2. The topological polar surface area (TPSA) is 63.4 Å². The van der Waals surface area contributed by atoms with Crippen LogP contribution in [-0.4, -0.2) is 33.0 Å². The number of nitrogen functional groups attached to an aromatic ring is 1. The van der Waals surface area contributed by atoms with Crippen LogP contribution in [0.25, 0.3) is 0 Å². The highest BCUT2D eigenvalue weighted by Gasteiger charge is 2.31. The lowest BCUT2D eigenvalue weighted by atomic mass is 10.2. The summed E-state index contributed by atoms with van der Waals surface area (Å²) in [6, 6.07) is 7.58. The summed E-state index contributed by atoms with van der Waals surface area (Å²) in [5.74, 6) is 0.520. The third-order valence-electron chi connectivity index (χ3n) is 3.07. The molecular formula is C11H16N2O2S. The molecule has 1 aromatic rings. The fraction of sp³-hybridized carbons (Fsp3) is 0.455. The minimum atomic E-state index is -2.84. The zero-order valence-corrected chi connectivity index (χ0v) is 10.1. The number of nitrogens with two attached hydrogens (primary N) is 1. The molecule has 2 N–H and O–H groups in total. The minimum Gasteiger partial charge on any atom is -0.397 e. The molecule has 0 radical (unpaired) electrons. The van der Waals surface area contributed by atoms with E-state index in [2.05, 4.69) is 0 Å². The first-order chi connectivity index (χ1) is 7.49. The van der Waals surface area contributed by atoms with Crippen molar-refractivity contribution in [3.8, 4) is 0 Å². The maximum absolute atomic E-state index is 11.4. The highest BCUT2D eigenvalue weighted by Crippen LogP contribution is 2.27. The van der Waals surface area contributed by atoms with Crippen molar-refractivity contribution in [2.24, 2.45) is 0 Å². The van der Waals surface area contributed by atoms with Gasteiger partial charge < -0.3 is 10.6 Å². The first kappa shape index (κ1) is 11.3. The number of para-hydroxylation sites is 2. The van der Waals surface area contributed by atoms with Gasteiger partial charge in [-0.05, 0) is 18.6 Å². The first-order valence-electron chi connectivity index (χ1n) is 5.27. The van der Waals surface area contributed by atoms with E-state index in [1.165, 1.54) is 0 Å². The Kier molecular flexibility index (Phi) is 2.80. The van der Waals surface area contributed by atoms with E-state index < -0.39 is 9.84 Å². The average Bonchev–Trinajstić information content (AvgIpc) is 2.59. The lowest BCUT2D eigenvalue weighted by molar-refractivity contribution is 0.601. The predicted molar refractivity (Wildman–Crippen MR) is 66.3 cm³/mol. The Bertz CT molecular complexity index is 485. The smallest absolute Gasteiger partial charge is 0.152 e. The van der Waals surface area contributed by atoms with Crippen LogP contribution in [0.5, 0.6) is 0 Å². The average molecular weight is 240 g/mol. The zero-order chi connectivity index (χ0) is 11.8. The third kappa shape index (κ3) is 2.14. The second kappa shape index (κ2) is 3.97. The van der Waals surface area contributed by atoms with Crippen molar-refractivity contribution in [1.29, 1.82) is 0 Å². The fourth-order valence-corrected chi connectivity index (χ4v) is 3.86. The van der Waals surface area contributed by atoms with E-state index >= 15 is 0 Å². The summed E-state index contributed by atoms with van der Waals surface area (Å²) in [7, 11) is -0.944. The number of hydrogen-bond acceptors (Lipinski definition) is 4. The molecule has 4 nitrogen and oxygen atoms in total. The molecule has 1 atom stereocenters. The van der Waals surface area contributed by atoms with Crippen LogP contribution in [0.15, 0.2) is 24.3 Å². The maximum Gasteiger partial charge on any atom is 0.152 e. The van der Waals surface area contributed by atoms with E-state index in [0.717, 1.165) is 5.69 Å². The summed E-state index contributed by atoms with van der Waals surface area (Å²) in [5.41, 5.74) is 7.46. The Morgan fingerprint density at radius 3 is 2.62 bits per heavy atom. The van der Waals surface area contributed by atoms with Crippen LogP contribution in [-0.2, 0) is 9.84 Å². The molecule has 88 valence electrons. The van der Waals surface area contributed by atoms with Gasteiger partial charge in [-0.25, -0.2) is 8.42 Å². The molecule has 1 saturated heterocycles. The molecule has 16 heavy (non-hydrogen) atoms. The third-order valence-corrected chi connectivity index (χ3v) is 4.82. The van der Waals surface area contributed by atoms with E-state index in [1.54, 1.807) is 0 Å². The van der Waals surface area contributed by atoms with Crippen molar-refractivity contribution < 1.29 is 8.42 Å². The van der Waals surface area contributed by atoms with E-state index in [0.29, 0.717) is 12.1 Å². The molecule has 1 heterocycles. The van der Waals surface area contributed by atoms with Crippen molar-refractivity contribution in [3.05, 3.63) is 24.3 Å². The Morgan fingerprint density at radius 2 is 2.06 bits per heavy atom. The molecule has 1 aromatic carbocycles. The van der Waals surface area contributed by atoms with Gasteiger partial charge in [-0.15, -0.1) is 0 Å². The van der Waals surface area contributed by atoms with Gasteiger partial charge in [-0.3, -0.25) is 0 Å². The Hall–Kier alpha value is -1.23. The number of rotatable bonds is 2. The normalized spacial score (nSPS) is 23.2. The summed E-state index contributed by atoms with van der Waals surface area (Å²) in [5, 5.41) is 0. The Morgan fingerprint density at radius 1 is 1.38 bits per heavy atom. The highest BCUT2D eigenvalue weighted by atomic mass is 32.2. The summed E-state index contributed by atoms with van der Waals surface area (Å²) in [4.78, 5) is 1.97. The van der Waals surface area contributed by atoms with Crippen LogP contribution >= 0.6 is 0 Å². The highest BCUT2D eigenvalue weighted by molar-refractivity contribution is 7.91. The van der Waals surface area contributed by atoms with Crippen LogP contribution in [0.1, 0.15) is 6.42 Å². The van der Waals surface area contributed by atoms with Gasteiger partial charge in [-0.1, -0.05) is 12.1 Å². The monoisotopic (exact) mass is 240 g/mol. The van der Waals surface area contributed by atoms with Gasteiger partial charge in [0.2, 0.25) is 0 Å². The Labute approximate surface area is 96.0 Å². The zero-order valence-electron chi connectivity index (χ0n) is 9.26. The SMILES string of the molecule is CN(c1ccccc1N)C1CCS(=O)(=O)C1. The summed E-state index contributed by atoms with van der Waals surface area (Å²) < 4.78 is 22.8. The minimum absolute atomic E-state index is 0.0506. The van der Waals surface area contributed by atoms with Crippen molar-refractivity contribution in [2.45, 2.75) is 12.5 Å². The fourth-order valence-electron chi connectivity index (χ4n) is 2.09. The van der Waals surface area contributed by atoms with Gasteiger partial charge >= 0.3 is 0 Å². The van der Waals surface area contributed by atoms with E-state index in [9.17, 15) is 8.42 Å². The molecule has 2 rings (SSSR count). The van der Waals surface area contributed by atoms with Crippen molar-refractivity contribution in [3.63, 3.8) is 0 Å². The van der Waals surface area contributed by atoms with Crippen molar-refractivity contribution >= 4 is 21.2 Å². The standard InChI is InChI=1S/C11H16N2O2S/c1-13(9-6-7-16(14,15)8-9)11-5-3-2-4-10(11)12/h2-5,9H,6-8,12H2,1H3. The largest absolute Gasteiger partial charge is 0.397 e. The van der Waals surface area contributed by atoms with E-state index in [1.807, 2.05) is 36.2 Å². The molecule has 0 spiro atoms. The van der Waals surface area contributed by atoms with Crippen LogP contribution < -0.4 is 10.6 Å². The number of nitrogens with zero attached hydrogens (tertiary/aromatic N) is 1.